The number of carbonyl (C=O) groups is 1. The number of amides is 1. The Morgan fingerprint density at radius 3 is 3.36 bits per heavy atom. The summed E-state index contributed by atoms with van der Waals surface area (Å²) in [5, 5.41) is 1.81. The van der Waals surface area contributed by atoms with Crippen LogP contribution in [-0.4, -0.2) is 54.8 Å². The lowest BCUT2D eigenvalue weighted by Gasteiger charge is -2.50. The average molecular weight is 322 g/mol. The van der Waals surface area contributed by atoms with E-state index in [9.17, 15) is 4.79 Å². The van der Waals surface area contributed by atoms with Crippen molar-refractivity contribution in [3.05, 3.63) is 29.2 Å². The first-order valence-corrected chi connectivity index (χ1v) is 8.67. The molecule has 0 bridgehead atoms. The molecule has 2 fully saturated rings. The highest BCUT2D eigenvalue weighted by molar-refractivity contribution is 7.07. The van der Waals surface area contributed by atoms with Crippen LogP contribution in [0.4, 0.5) is 0 Å². The van der Waals surface area contributed by atoms with Crippen LogP contribution >= 0.6 is 11.3 Å². The minimum Gasteiger partial charge on any atom is -0.377 e. The first-order chi connectivity index (χ1) is 10.7. The Kier molecular flexibility index (Phi) is 4.90. The molecule has 6 heteroatoms. The molecule has 0 spiro atoms. The lowest BCUT2D eigenvalue weighted by Crippen LogP contribution is -2.58. The van der Waals surface area contributed by atoms with Crippen LogP contribution in [0.3, 0.4) is 0 Å². The second kappa shape index (κ2) is 6.89. The lowest BCUT2D eigenvalue weighted by molar-refractivity contribution is -0.144. The van der Waals surface area contributed by atoms with Gasteiger partial charge in [0.1, 0.15) is 5.69 Å². The van der Waals surface area contributed by atoms with E-state index in [0.717, 1.165) is 32.4 Å². The van der Waals surface area contributed by atoms with E-state index in [1.165, 1.54) is 11.3 Å². The molecule has 1 aromatic heterocycles. The van der Waals surface area contributed by atoms with E-state index in [1.807, 2.05) is 10.3 Å². The van der Waals surface area contributed by atoms with Gasteiger partial charge in [-0.15, -0.1) is 17.9 Å². The van der Waals surface area contributed by atoms with Crippen molar-refractivity contribution >= 4 is 17.2 Å². The topological polar surface area (TPSA) is 51.7 Å². The number of likely N-dealkylation sites (tertiary alicyclic amines) is 1. The van der Waals surface area contributed by atoms with Crippen molar-refractivity contribution in [2.75, 3.05) is 32.9 Å². The van der Waals surface area contributed by atoms with E-state index >= 15 is 0 Å². The summed E-state index contributed by atoms with van der Waals surface area (Å²) < 4.78 is 11.7. The summed E-state index contributed by atoms with van der Waals surface area (Å²) in [5.41, 5.74) is 2.15. The second-order valence-electron chi connectivity index (χ2n) is 6.02. The Morgan fingerprint density at radius 2 is 2.59 bits per heavy atom. The van der Waals surface area contributed by atoms with Crippen LogP contribution in [0.25, 0.3) is 0 Å². The Balaban J connectivity index is 1.74. The molecule has 0 aromatic carbocycles. The van der Waals surface area contributed by atoms with Gasteiger partial charge >= 0.3 is 0 Å². The molecule has 0 aliphatic carbocycles. The second-order valence-corrected chi connectivity index (χ2v) is 6.74. The summed E-state index contributed by atoms with van der Waals surface area (Å²) in [6.45, 7) is 7.07. The molecule has 1 amide bonds. The van der Waals surface area contributed by atoms with Gasteiger partial charge in [-0.3, -0.25) is 4.79 Å². The molecule has 2 aliphatic rings. The van der Waals surface area contributed by atoms with E-state index < -0.39 is 0 Å². The van der Waals surface area contributed by atoms with Gasteiger partial charge in [-0.2, -0.15) is 0 Å². The van der Waals surface area contributed by atoms with Crippen LogP contribution < -0.4 is 0 Å². The van der Waals surface area contributed by atoms with Crippen molar-refractivity contribution in [3.8, 4) is 0 Å². The Morgan fingerprint density at radius 1 is 1.68 bits per heavy atom. The lowest BCUT2D eigenvalue weighted by atomic mass is 9.73. The Bertz CT molecular complexity index is 519. The van der Waals surface area contributed by atoms with Gasteiger partial charge in [0.15, 0.2) is 0 Å². The number of rotatable bonds is 5. The number of ether oxygens (including phenoxy) is 2. The highest BCUT2D eigenvalue weighted by atomic mass is 32.1. The molecule has 22 heavy (non-hydrogen) atoms. The number of thiazole rings is 1. The zero-order valence-electron chi connectivity index (χ0n) is 12.7. The van der Waals surface area contributed by atoms with Crippen LogP contribution in [0.1, 0.15) is 29.8 Å². The molecule has 5 nitrogen and oxygen atoms in total. The number of aromatic nitrogens is 1. The largest absolute Gasteiger partial charge is 0.377 e. The molecular formula is C16H22N2O3S. The first-order valence-electron chi connectivity index (χ1n) is 7.73. The van der Waals surface area contributed by atoms with Crippen LogP contribution in [0.15, 0.2) is 23.5 Å². The summed E-state index contributed by atoms with van der Waals surface area (Å²) in [6.07, 6.45) is 4.87. The molecule has 3 heterocycles. The smallest absolute Gasteiger partial charge is 0.273 e. The minimum absolute atomic E-state index is 0.0216. The van der Waals surface area contributed by atoms with Crippen molar-refractivity contribution in [2.24, 2.45) is 5.41 Å². The van der Waals surface area contributed by atoms with Gasteiger partial charge < -0.3 is 14.4 Å². The van der Waals surface area contributed by atoms with Crippen molar-refractivity contribution in [3.63, 3.8) is 0 Å². The molecule has 0 N–H and O–H groups in total. The van der Waals surface area contributed by atoms with E-state index in [-0.39, 0.29) is 17.4 Å². The molecule has 2 atom stereocenters. The summed E-state index contributed by atoms with van der Waals surface area (Å²) in [6, 6.07) is 0. The predicted molar refractivity (Wildman–Crippen MR) is 85.1 cm³/mol. The van der Waals surface area contributed by atoms with Gasteiger partial charge in [0.25, 0.3) is 5.91 Å². The van der Waals surface area contributed by atoms with E-state index in [4.69, 9.17) is 9.47 Å². The van der Waals surface area contributed by atoms with Gasteiger partial charge in [0.05, 0.1) is 24.8 Å². The highest BCUT2D eigenvalue weighted by Gasteiger charge is 2.47. The molecule has 0 radical (unpaired) electrons. The van der Waals surface area contributed by atoms with Gasteiger partial charge in [0, 0.05) is 30.5 Å². The van der Waals surface area contributed by atoms with Crippen LogP contribution in [0.5, 0.6) is 0 Å². The number of hydrogen-bond donors (Lipinski definition) is 0. The fraction of sp³-hybridized carbons (Fsp3) is 0.625. The van der Waals surface area contributed by atoms with Crippen LogP contribution in [-0.2, 0) is 9.47 Å². The van der Waals surface area contributed by atoms with Gasteiger partial charge in [-0.25, -0.2) is 4.98 Å². The van der Waals surface area contributed by atoms with Gasteiger partial charge in [-0.1, -0.05) is 6.08 Å². The van der Waals surface area contributed by atoms with Gasteiger partial charge in [0.2, 0.25) is 0 Å². The van der Waals surface area contributed by atoms with Crippen molar-refractivity contribution in [2.45, 2.75) is 25.4 Å². The number of fused-ring (bicyclic) bond motifs is 1. The fourth-order valence-electron chi connectivity index (χ4n) is 3.50. The zero-order valence-corrected chi connectivity index (χ0v) is 13.5. The van der Waals surface area contributed by atoms with Crippen molar-refractivity contribution < 1.29 is 14.3 Å². The molecule has 0 saturated carbocycles. The Hall–Kier alpha value is -1.24. The molecule has 120 valence electrons. The molecule has 3 rings (SSSR count). The normalized spacial score (nSPS) is 28.2. The van der Waals surface area contributed by atoms with E-state index in [2.05, 4.69) is 11.6 Å². The standard InChI is InChI=1S/C16H22N2O3S/c1-2-7-20-11-16-5-3-8-21-14(16)4-6-18(10-16)15(19)13-9-22-12-17-13/h2,9,12,14H,1,3-8,10-11H2. The third kappa shape index (κ3) is 3.09. The third-order valence-electron chi connectivity index (χ3n) is 4.55. The SMILES string of the molecule is C=CCOCC12CCCOC1CCN(C(=O)c1cscn1)C2. The third-order valence-corrected chi connectivity index (χ3v) is 5.14. The quantitative estimate of drug-likeness (QED) is 0.617. The fourth-order valence-corrected chi connectivity index (χ4v) is 4.03. The molecule has 2 saturated heterocycles. The average Bonchev–Trinajstić information content (AvgIpc) is 3.08. The zero-order chi connectivity index (χ0) is 15.4. The van der Waals surface area contributed by atoms with Crippen LogP contribution in [0, 0.1) is 5.41 Å². The van der Waals surface area contributed by atoms with Crippen LogP contribution in [0.2, 0.25) is 0 Å². The van der Waals surface area contributed by atoms with Crippen molar-refractivity contribution in [1.29, 1.82) is 0 Å². The molecule has 2 aliphatic heterocycles. The summed E-state index contributed by atoms with van der Waals surface area (Å²) in [7, 11) is 0. The maximum absolute atomic E-state index is 12.6. The number of nitrogens with zero attached hydrogens (tertiary/aromatic N) is 2. The highest BCUT2D eigenvalue weighted by Crippen LogP contribution is 2.40. The summed E-state index contributed by atoms with van der Waals surface area (Å²) in [5.74, 6) is 0.0216. The first kappa shape index (κ1) is 15.6. The number of piperidine rings is 1. The monoisotopic (exact) mass is 322 g/mol. The maximum Gasteiger partial charge on any atom is 0.273 e. The molecule has 2 unspecified atom stereocenters. The maximum atomic E-state index is 12.6. The molecule has 1 aromatic rings. The Labute approximate surface area is 134 Å². The van der Waals surface area contributed by atoms with Gasteiger partial charge in [-0.05, 0) is 19.3 Å². The molecular weight excluding hydrogens is 300 g/mol. The number of carbonyl (C=O) groups excluding carboxylic acids is 1. The van der Waals surface area contributed by atoms with Crippen molar-refractivity contribution in [1.82, 2.24) is 9.88 Å². The van der Waals surface area contributed by atoms with E-state index in [0.29, 0.717) is 25.5 Å². The number of hydrogen-bond acceptors (Lipinski definition) is 5. The summed E-state index contributed by atoms with van der Waals surface area (Å²) in [4.78, 5) is 18.6. The predicted octanol–water partition coefficient (Wildman–Crippen LogP) is 2.36. The van der Waals surface area contributed by atoms with E-state index in [1.54, 1.807) is 11.6 Å². The minimum atomic E-state index is -0.0921. The summed E-state index contributed by atoms with van der Waals surface area (Å²) >= 11 is 1.45.